The van der Waals surface area contributed by atoms with Crippen molar-refractivity contribution in [2.75, 3.05) is 19.7 Å². The average Bonchev–Trinajstić information content (AvgIpc) is 2.78. The minimum atomic E-state index is -0.491. The molecule has 1 N–H and O–H groups in total. The molecular weight excluding hydrogens is 272 g/mol. The lowest BCUT2D eigenvalue weighted by Crippen LogP contribution is -2.54. The third-order valence-corrected chi connectivity index (χ3v) is 4.85. The Bertz CT molecular complexity index is 451. The van der Waals surface area contributed by atoms with E-state index in [9.17, 15) is 14.4 Å². The van der Waals surface area contributed by atoms with Crippen molar-refractivity contribution in [3.63, 3.8) is 0 Å². The Morgan fingerprint density at radius 1 is 1.29 bits per heavy atom. The molecule has 3 rings (SSSR count). The van der Waals surface area contributed by atoms with Crippen molar-refractivity contribution in [3.05, 3.63) is 0 Å². The van der Waals surface area contributed by atoms with Crippen LogP contribution in [-0.2, 0) is 19.1 Å². The van der Waals surface area contributed by atoms with E-state index in [4.69, 9.17) is 4.74 Å². The number of nitrogens with one attached hydrogen (secondary N) is 1. The van der Waals surface area contributed by atoms with Gasteiger partial charge in [-0.15, -0.1) is 0 Å². The largest absolute Gasteiger partial charge is 0.371 e. The fraction of sp³-hybridized carbons (Fsp3) is 0.800. The number of rotatable bonds is 2. The molecule has 2 aliphatic heterocycles. The van der Waals surface area contributed by atoms with Crippen LogP contribution in [0.3, 0.4) is 0 Å². The Morgan fingerprint density at radius 3 is 2.71 bits per heavy atom. The second-order valence-corrected chi connectivity index (χ2v) is 6.43. The van der Waals surface area contributed by atoms with E-state index in [1.807, 2.05) is 4.90 Å². The highest BCUT2D eigenvalue weighted by Gasteiger charge is 2.40. The smallest absolute Gasteiger partial charge is 0.230 e. The number of hydrogen-bond donors (Lipinski definition) is 1. The number of amides is 3. The predicted molar refractivity (Wildman–Crippen MR) is 74.2 cm³/mol. The fourth-order valence-corrected chi connectivity index (χ4v) is 3.67. The molecule has 0 aromatic heterocycles. The first kappa shape index (κ1) is 14.5. The van der Waals surface area contributed by atoms with Gasteiger partial charge in [0.25, 0.3) is 0 Å². The van der Waals surface area contributed by atoms with Crippen molar-refractivity contribution in [1.82, 2.24) is 10.2 Å². The van der Waals surface area contributed by atoms with E-state index >= 15 is 0 Å². The summed E-state index contributed by atoms with van der Waals surface area (Å²) in [5, 5.41) is 2.26. The second kappa shape index (κ2) is 5.75. The molecule has 0 aromatic rings. The highest BCUT2D eigenvalue weighted by Crippen LogP contribution is 2.34. The third kappa shape index (κ3) is 3.10. The average molecular weight is 294 g/mol. The summed E-state index contributed by atoms with van der Waals surface area (Å²) in [6.07, 6.45) is 5.85. The van der Waals surface area contributed by atoms with Crippen LogP contribution in [0.15, 0.2) is 0 Å². The maximum absolute atomic E-state index is 12.4. The minimum absolute atomic E-state index is 0.0295. The number of carbonyl (C=O) groups excluding carboxylic acids is 3. The SMILES string of the molecule is O=C1CC(CC(=O)N2CCOC3(CCCCC3)C2)C(=O)N1. The van der Waals surface area contributed by atoms with Crippen molar-refractivity contribution in [1.29, 1.82) is 0 Å². The summed E-state index contributed by atoms with van der Waals surface area (Å²) < 4.78 is 5.97. The summed E-state index contributed by atoms with van der Waals surface area (Å²) in [7, 11) is 0. The Balaban J connectivity index is 1.59. The first-order chi connectivity index (χ1) is 10.1. The van der Waals surface area contributed by atoms with E-state index in [1.54, 1.807) is 0 Å². The van der Waals surface area contributed by atoms with Crippen LogP contribution in [0.4, 0.5) is 0 Å². The molecule has 3 amide bonds. The third-order valence-electron chi connectivity index (χ3n) is 4.85. The lowest BCUT2D eigenvalue weighted by molar-refractivity contribution is -0.157. The van der Waals surface area contributed by atoms with Crippen LogP contribution in [0.5, 0.6) is 0 Å². The van der Waals surface area contributed by atoms with Crippen molar-refractivity contribution in [3.8, 4) is 0 Å². The zero-order valence-corrected chi connectivity index (χ0v) is 12.2. The van der Waals surface area contributed by atoms with Gasteiger partial charge in [0.05, 0.1) is 18.1 Å². The monoisotopic (exact) mass is 294 g/mol. The van der Waals surface area contributed by atoms with Crippen molar-refractivity contribution in [2.24, 2.45) is 5.92 Å². The highest BCUT2D eigenvalue weighted by molar-refractivity contribution is 6.04. The Kier molecular flexibility index (Phi) is 3.97. The van der Waals surface area contributed by atoms with Crippen LogP contribution in [-0.4, -0.2) is 47.9 Å². The molecule has 0 aromatic carbocycles. The summed E-state index contributed by atoms with van der Waals surface area (Å²) in [6.45, 7) is 1.79. The topological polar surface area (TPSA) is 75.7 Å². The first-order valence-electron chi connectivity index (χ1n) is 7.83. The molecular formula is C15H22N2O4. The van der Waals surface area contributed by atoms with E-state index in [1.165, 1.54) is 6.42 Å². The van der Waals surface area contributed by atoms with E-state index in [-0.39, 0.29) is 36.2 Å². The maximum Gasteiger partial charge on any atom is 0.230 e. The van der Waals surface area contributed by atoms with Gasteiger partial charge in [-0.2, -0.15) is 0 Å². The predicted octanol–water partition coefficient (Wildman–Crippen LogP) is 0.601. The maximum atomic E-state index is 12.4. The quantitative estimate of drug-likeness (QED) is 0.757. The van der Waals surface area contributed by atoms with Gasteiger partial charge in [-0.3, -0.25) is 19.7 Å². The summed E-state index contributed by atoms with van der Waals surface area (Å²) in [5.74, 6) is -1.11. The van der Waals surface area contributed by atoms with Crippen LogP contribution in [0, 0.1) is 5.92 Å². The standard InChI is InChI=1S/C15H22N2O4/c18-12-8-11(14(20)16-12)9-13(19)17-6-7-21-15(10-17)4-2-1-3-5-15/h11H,1-10H2,(H,16,18,20). The van der Waals surface area contributed by atoms with E-state index in [0.717, 1.165) is 25.7 Å². The summed E-state index contributed by atoms with van der Waals surface area (Å²) >= 11 is 0. The van der Waals surface area contributed by atoms with Gasteiger partial charge < -0.3 is 9.64 Å². The molecule has 0 radical (unpaired) electrons. The molecule has 116 valence electrons. The number of morpholine rings is 1. The molecule has 2 heterocycles. The Labute approximate surface area is 124 Å². The Hall–Kier alpha value is -1.43. The van der Waals surface area contributed by atoms with Gasteiger partial charge in [-0.05, 0) is 12.8 Å². The van der Waals surface area contributed by atoms with Crippen molar-refractivity contribution >= 4 is 17.7 Å². The van der Waals surface area contributed by atoms with Crippen molar-refractivity contribution in [2.45, 2.75) is 50.5 Å². The summed E-state index contributed by atoms with van der Waals surface area (Å²) in [4.78, 5) is 37.0. The minimum Gasteiger partial charge on any atom is -0.371 e. The molecule has 3 aliphatic rings. The van der Waals surface area contributed by atoms with Gasteiger partial charge in [-0.1, -0.05) is 19.3 Å². The number of ether oxygens (including phenoxy) is 1. The van der Waals surface area contributed by atoms with E-state index in [2.05, 4.69) is 5.32 Å². The highest BCUT2D eigenvalue weighted by atomic mass is 16.5. The fourth-order valence-electron chi connectivity index (χ4n) is 3.67. The zero-order valence-electron chi connectivity index (χ0n) is 12.2. The summed E-state index contributed by atoms with van der Waals surface area (Å²) in [6, 6.07) is 0. The molecule has 1 unspecified atom stereocenters. The first-order valence-corrected chi connectivity index (χ1v) is 7.83. The van der Waals surface area contributed by atoms with Crippen molar-refractivity contribution < 1.29 is 19.1 Å². The van der Waals surface area contributed by atoms with Gasteiger partial charge in [-0.25, -0.2) is 0 Å². The molecule has 1 saturated carbocycles. The second-order valence-electron chi connectivity index (χ2n) is 6.43. The van der Waals surface area contributed by atoms with Gasteiger partial charge in [0.2, 0.25) is 17.7 Å². The normalized spacial score (nSPS) is 28.8. The van der Waals surface area contributed by atoms with Gasteiger partial charge in [0, 0.05) is 25.9 Å². The summed E-state index contributed by atoms with van der Waals surface area (Å²) in [5.41, 5.74) is -0.167. The van der Waals surface area contributed by atoms with E-state index in [0.29, 0.717) is 19.7 Å². The Morgan fingerprint density at radius 2 is 2.05 bits per heavy atom. The van der Waals surface area contributed by atoms with Gasteiger partial charge in [0.15, 0.2) is 0 Å². The number of nitrogens with zero attached hydrogens (tertiary/aromatic N) is 1. The molecule has 2 saturated heterocycles. The zero-order chi connectivity index (χ0) is 14.9. The lowest BCUT2D eigenvalue weighted by Gasteiger charge is -2.45. The molecule has 0 bridgehead atoms. The number of carbonyl (C=O) groups is 3. The molecule has 1 atom stereocenters. The van der Waals surface area contributed by atoms with Crippen LogP contribution in [0.1, 0.15) is 44.9 Å². The number of imide groups is 1. The van der Waals surface area contributed by atoms with Gasteiger partial charge in [0.1, 0.15) is 0 Å². The molecule has 3 fully saturated rings. The molecule has 6 heteroatoms. The van der Waals surface area contributed by atoms with E-state index < -0.39 is 5.92 Å². The van der Waals surface area contributed by atoms with Crippen LogP contribution >= 0.6 is 0 Å². The van der Waals surface area contributed by atoms with Crippen LogP contribution < -0.4 is 5.32 Å². The molecule has 1 spiro atoms. The van der Waals surface area contributed by atoms with Crippen LogP contribution in [0.2, 0.25) is 0 Å². The lowest BCUT2D eigenvalue weighted by atomic mass is 9.83. The molecule has 6 nitrogen and oxygen atoms in total. The number of hydrogen-bond acceptors (Lipinski definition) is 4. The molecule has 21 heavy (non-hydrogen) atoms. The van der Waals surface area contributed by atoms with Gasteiger partial charge >= 0.3 is 0 Å². The van der Waals surface area contributed by atoms with Crippen LogP contribution in [0.25, 0.3) is 0 Å². The molecule has 1 aliphatic carbocycles.